The Hall–Kier alpha value is -4.42. The van der Waals surface area contributed by atoms with Crippen LogP contribution in [-0.4, -0.2) is 15.2 Å². The fourth-order valence-corrected chi connectivity index (χ4v) is 5.03. The topological polar surface area (TPSA) is 62.7 Å². The summed E-state index contributed by atoms with van der Waals surface area (Å²) in [6.45, 7) is 2.14. The molecule has 182 valence electrons. The molecular formula is C31H27N5S. The Balaban J connectivity index is 1.35. The van der Waals surface area contributed by atoms with E-state index < -0.39 is 0 Å². The van der Waals surface area contributed by atoms with Gasteiger partial charge in [-0.25, -0.2) is 4.98 Å². The van der Waals surface area contributed by atoms with E-state index in [4.69, 9.17) is 4.98 Å². The highest BCUT2D eigenvalue weighted by Gasteiger charge is 2.14. The summed E-state index contributed by atoms with van der Waals surface area (Å²) < 4.78 is 0. The second-order valence-corrected chi connectivity index (χ2v) is 9.59. The van der Waals surface area contributed by atoms with Crippen molar-refractivity contribution in [2.24, 2.45) is 0 Å². The van der Waals surface area contributed by atoms with E-state index in [0.29, 0.717) is 5.95 Å². The highest BCUT2D eigenvalue weighted by molar-refractivity contribution is 7.99. The molecule has 1 heterocycles. The maximum atomic E-state index is 4.79. The molecule has 5 rings (SSSR count). The Morgan fingerprint density at radius 2 is 1.27 bits per heavy atom. The molecule has 0 aliphatic heterocycles. The molecule has 6 heteroatoms. The van der Waals surface area contributed by atoms with E-state index in [2.05, 4.69) is 82.6 Å². The molecule has 2 N–H and O–H groups in total. The van der Waals surface area contributed by atoms with E-state index in [-0.39, 0.29) is 5.25 Å². The Morgan fingerprint density at radius 1 is 0.676 bits per heavy atom. The van der Waals surface area contributed by atoms with Gasteiger partial charge < -0.3 is 5.43 Å². The number of hydrogen-bond donors (Lipinski definition) is 2. The molecule has 4 aromatic carbocycles. The average molecular weight is 502 g/mol. The molecule has 0 fully saturated rings. The molecule has 0 aliphatic carbocycles. The fraction of sp³-hybridized carbons (Fsp3) is 0.0645. The number of rotatable bonds is 9. The zero-order valence-corrected chi connectivity index (χ0v) is 21.3. The summed E-state index contributed by atoms with van der Waals surface area (Å²) in [5.74, 6) is 0.394. The van der Waals surface area contributed by atoms with E-state index in [1.54, 1.807) is 0 Å². The van der Waals surface area contributed by atoms with Crippen LogP contribution >= 0.6 is 11.8 Å². The molecule has 1 atom stereocenters. The molecule has 0 spiro atoms. The molecule has 0 radical (unpaired) electrons. The van der Waals surface area contributed by atoms with Crippen molar-refractivity contribution in [1.82, 2.24) is 20.6 Å². The molecule has 5 aromatic rings. The zero-order chi connectivity index (χ0) is 25.3. The quantitative estimate of drug-likeness (QED) is 0.161. The summed E-state index contributed by atoms with van der Waals surface area (Å²) in [5.41, 5.74) is 12.2. The van der Waals surface area contributed by atoms with Crippen molar-refractivity contribution in [2.75, 3.05) is 5.43 Å². The molecule has 0 bridgehead atoms. The smallest absolute Gasteiger partial charge is 0.261 e. The maximum absolute atomic E-state index is 4.79. The zero-order valence-electron chi connectivity index (χ0n) is 20.5. The van der Waals surface area contributed by atoms with Gasteiger partial charge in [-0.1, -0.05) is 109 Å². The summed E-state index contributed by atoms with van der Waals surface area (Å²) in [7, 11) is 0. The Kier molecular flexibility index (Phi) is 7.88. The number of benzene rings is 4. The first-order valence-electron chi connectivity index (χ1n) is 12.1. The van der Waals surface area contributed by atoms with E-state index in [1.165, 1.54) is 16.0 Å². The Labute approximate surface area is 221 Å². The van der Waals surface area contributed by atoms with Gasteiger partial charge in [0.15, 0.2) is 0 Å². The van der Waals surface area contributed by atoms with Crippen LogP contribution in [0.25, 0.3) is 22.5 Å². The highest BCUT2D eigenvalue weighted by Crippen LogP contribution is 2.37. The lowest BCUT2D eigenvalue weighted by atomic mass is 10.0. The molecule has 1 aromatic heterocycles. The van der Waals surface area contributed by atoms with Gasteiger partial charge in [0.2, 0.25) is 0 Å². The van der Waals surface area contributed by atoms with Gasteiger partial charge in [-0.15, -0.1) is 22.0 Å². The summed E-state index contributed by atoms with van der Waals surface area (Å²) in [6, 6.07) is 39.0. The van der Waals surface area contributed by atoms with Gasteiger partial charge in [0, 0.05) is 22.2 Å². The van der Waals surface area contributed by atoms with E-state index >= 15 is 0 Å². The summed E-state index contributed by atoms with van der Waals surface area (Å²) in [5, 5.41) is 8.97. The lowest BCUT2D eigenvalue weighted by molar-refractivity contribution is 0.922. The highest BCUT2D eigenvalue weighted by atomic mass is 32.2. The number of thioether (sulfide) groups is 1. The summed E-state index contributed by atoms with van der Waals surface area (Å²) >= 11 is 1.82. The average Bonchev–Trinajstić information content (AvgIpc) is 2.97. The van der Waals surface area contributed by atoms with Gasteiger partial charge >= 0.3 is 0 Å². The van der Waals surface area contributed by atoms with Crippen molar-refractivity contribution in [3.05, 3.63) is 139 Å². The minimum absolute atomic E-state index is 0.135. The molecule has 37 heavy (non-hydrogen) atoms. The first-order valence-corrected chi connectivity index (χ1v) is 13.0. The van der Waals surface area contributed by atoms with Gasteiger partial charge in [0.05, 0.1) is 5.25 Å². The van der Waals surface area contributed by atoms with Gasteiger partial charge in [0.1, 0.15) is 11.4 Å². The van der Waals surface area contributed by atoms with E-state index in [0.717, 1.165) is 22.5 Å². The number of aromatic nitrogens is 3. The van der Waals surface area contributed by atoms with Crippen molar-refractivity contribution in [2.45, 2.75) is 17.1 Å². The van der Waals surface area contributed by atoms with Gasteiger partial charge in [0.25, 0.3) is 5.95 Å². The summed E-state index contributed by atoms with van der Waals surface area (Å²) in [6.07, 6.45) is 4.02. The lowest BCUT2D eigenvalue weighted by Gasteiger charge is -2.15. The molecule has 0 aliphatic rings. The number of hydrazine groups is 1. The predicted molar refractivity (Wildman–Crippen MR) is 153 cm³/mol. The largest absolute Gasteiger partial charge is 0.306 e. The first-order chi connectivity index (χ1) is 18.3. The van der Waals surface area contributed by atoms with Crippen LogP contribution in [0.5, 0.6) is 0 Å². The lowest BCUT2D eigenvalue weighted by Crippen LogP contribution is -2.18. The number of nitrogens with zero attached hydrogens (tertiary/aromatic N) is 3. The second-order valence-electron chi connectivity index (χ2n) is 8.41. The molecule has 1 unspecified atom stereocenters. The van der Waals surface area contributed by atoms with Crippen molar-refractivity contribution in [3.8, 4) is 22.5 Å². The van der Waals surface area contributed by atoms with Gasteiger partial charge in [-0.3, -0.25) is 5.43 Å². The first kappa shape index (κ1) is 24.3. The van der Waals surface area contributed by atoms with Crippen LogP contribution in [-0.2, 0) is 0 Å². The van der Waals surface area contributed by atoms with Crippen molar-refractivity contribution in [3.63, 3.8) is 0 Å². The van der Waals surface area contributed by atoms with Gasteiger partial charge in [-0.2, -0.15) is 0 Å². The molecular weight excluding hydrogens is 474 g/mol. The minimum Gasteiger partial charge on any atom is -0.306 e. The fourth-order valence-electron chi connectivity index (χ4n) is 3.89. The minimum atomic E-state index is 0.135. The van der Waals surface area contributed by atoms with Crippen molar-refractivity contribution >= 4 is 17.7 Å². The van der Waals surface area contributed by atoms with Crippen LogP contribution in [0, 0.1) is 6.92 Å². The standard InChI is InChI=1S/C31H27N5S/c1-23-13-11-12-20-27(23)37-28(24-14-5-2-6-15-24)21-22-32-35-31-33-29(25-16-7-3-8-17-25)30(34-36-31)26-18-9-4-10-19-26/h2-22,28,32H,1H3,(H,33,35,36)/b22-21+. The molecule has 0 saturated heterocycles. The van der Waals surface area contributed by atoms with E-state index in [9.17, 15) is 0 Å². The number of nitrogens with one attached hydrogen (secondary N) is 2. The van der Waals surface area contributed by atoms with Crippen LogP contribution in [0.3, 0.4) is 0 Å². The van der Waals surface area contributed by atoms with Crippen LogP contribution in [0.4, 0.5) is 5.95 Å². The van der Waals surface area contributed by atoms with Crippen molar-refractivity contribution < 1.29 is 0 Å². The van der Waals surface area contributed by atoms with E-state index in [1.807, 2.05) is 84.7 Å². The van der Waals surface area contributed by atoms with Crippen LogP contribution < -0.4 is 10.9 Å². The van der Waals surface area contributed by atoms with Gasteiger partial charge in [-0.05, 0) is 30.2 Å². The number of anilines is 1. The monoisotopic (exact) mass is 501 g/mol. The predicted octanol–water partition coefficient (Wildman–Crippen LogP) is 7.48. The Morgan fingerprint density at radius 3 is 1.95 bits per heavy atom. The number of hydrogen-bond acceptors (Lipinski definition) is 6. The number of aryl methyl sites for hydroxylation is 1. The molecule has 0 saturated carbocycles. The Bertz CT molecular complexity index is 1460. The normalized spacial score (nSPS) is 11.8. The van der Waals surface area contributed by atoms with Crippen molar-refractivity contribution in [1.29, 1.82) is 0 Å². The third-order valence-corrected chi connectivity index (χ3v) is 7.19. The molecule has 5 nitrogen and oxygen atoms in total. The van der Waals surface area contributed by atoms with Crippen LogP contribution in [0.1, 0.15) is 16.4 Å². The summed E-state index contributed by atoms with van der Waals surface area (Å²) in [4.78, 5) is 6.04. The van der Waals surface area contributed by atoms with Crippen LogP contribution in [0.2, 0.25) is 0 Å². The third kappa shape index (κ3) is 6.23. The SMILES string of the molecule is Cc1ccccc1SC(/C=C/NNc1nnc(-c2ccccc2)c(-c2ccccc2)n1)c1ccccc1. The van der Waals surface area contributed by atoms with Crippen LogP contribution in [0.15, 0.2) is 132 Å². The molecule has 0 amide bonds. The maximum Gasteiger partial charge on any atom is 0.261 e. The second kappa shape index (κ2) is 12.0. The third-order valence-electron chi connectivity index (χ3n) is 5.80.